The smallest absolute Gasteiger partial charge is 0.272 e. The molecule has 3 aromatic rings. The minimum absolute atomic E-state index is 0.0164. The van der Waals surface area contributed by atoms with Crippen molar-refractivity contribution in [2.75, 3.05) is 13.1 Å². The molecule has 3 aromatic heterocycles. The molecule has 1 saturated heterocycles. The van der Waals surface area contributed by atoms with Crippen molar-refractivity contribution in [3.05, 3.63) is 78.4 Å². The molecule has 0 spiro atoms. The fraction of sp³-hybridized carbons (Fsp3) is 0.300. The van der Waals surface area contributed by atoms with Crippen LogP contribution in [0.3, 0.4) is 0 Å². The molecule has 4 heterocycles. The second kappa shape index (κ2) is 7.47. The molecule has 0 aromatic carbocycles. The first-order valence-electron chi connectivity index (χ1n) is 8.91. The van der Waals surface area contributed by atoms with Crippen molar-refractivity contribution in [2.45, 2.75) is 25.3 Å². The number of carbonyl (C=O) groups is 1. The third-order valence-electron chi connectivity index (χ3n) is 4.85. The van der Waals surface area contributed by atoms with Gasteiger partial charge in [0.2, 0.25) is 0 Å². The van der Waals surface area contributed by atoms with E-state index in [0.717, 1.165) is 43.9 Å². The van der Waals surface area contributed by atoms with E-state index in [0.29, 0.717) is 11.6 Å². The number of carbonyl (C=O) groups excluding carboxylic acids is 1. The largest absolute Gasteiger partial charge is 0.337 e. The predicted molar refractivity (Wildman–Crippen MR) is 97.7 cm³/mol. The third-order valence-corrected chi connectivity index (χ3v) is 4.85. The maximum Gasteiger partial charge on any atom is 0.272 e. The molecule has 0 radical (unpaired) electrons. The summed E-state index contributed by atoms with van der Waals surface area (Å²) in [6.07, 6.45) is 11.1. The van der Waals surface area contributed by atoms with Crippen LogP contribution in [-0.4, -0.2) is 43.4 Å². The number of amides is 1. The normalized spacial score (nSPS) is 15.2. The molecule has 0 N–H and O–H groups in total. The van der Waals surface area contributed by atoms with Crippen LogP contribution in [0.15, 0.2) is 61.3 Å². The first kappa shape index (κ1) is 16.4. The molecule has 6 heteroatoms. The average molecular weight is 347 g/mol. The highest BCUT2D eigenvalue weighted by Gasteiger charge is 2.27. The van der Waals surface area contributed by atoms with Crippen molar-refractivity contribution < 1.29 is 4.79 Å². The van der Waals surface area contributed by atoms with Crippen LogP contribution in [0.5, 0.6) is 0 Å². The summed E-state index contributed by atoms with van der Waals surface area (Å²) in [6, 6.07) is 9.47. The van der Waals surface area contributed by atoms with Gasteiger partial charge < -0.3 is 9.47 Å². The predicted octanol–water partition coefficient (Wildman–Crippen LogP) is 2.74. The Morgan fingerprint density at radius 1 is 1.04 bits per heavy atom. The van der Waals surface area contributed by atoms with Crippen LogP contribution in [0.2, 0.25) is 0 Å². The number of hydrogen-bond donors (Lipinski definition) is 0. The fourth-order valence-corrected chi connectivity index (χ4v) is 3.49. The quantitative estimate of drug-likeness (QED) is 0.728. The number of hydrogen-bond acceptors (Lipinski definition) is 4. The highest BCUT2D eigenvalue weighted by Crippen LogP contribution is 2.28. The summed E-state index contributed by atoms with van der Waals surface area (Å²) in [5.74, 6) is 1.48. The minimum atomic E-state index is 0.0164. The molecule has 6 nitrogen and oxygen atoms in total. The Labute approximate surface area is 152 Å². The summed E-state index contributed by atoms with van der Waals surface area (Å²) >= 11 is 0. The number of piperidine rings is 1. The molecule has 132 valence electrons. The van der Waals surface area contributed by atoms with Gasteiger partial charge in [-0.15, -0.1) is 0 Å². The molecule has 1 aliphatic heterocycles. The van der Waals surface area contributed by atoms with Gasteiger partial charge in [0, 0.05) is 50.0 Å². The number of pyridine rings is 2. The molecule has 0 atom stereocenters. The van der Waals surface area contributed by atoms with Crippen LogP contribution < -0.4 is 0 Å². The SMILES string of the molecule is O=C(c1ccccn1)N1CCC(c2nccn2Cc2cccnc2)CC1. The zero-order chi connectivity index (χ0) is 17.8. The van der Waals surface area contributed by atoms with Crippen LogP contribution in [0.25, 0.3) is 0 Å². The van der Waals surface area contributed by atoms with Crippen LogP contribution in [-0.2, 0) is 6.54 Å². The number of likely N-dealkylation sites (tertiary alicyclic amines) is 1. The van der Waals surface area contributed by atoms with E-state index in [2.05, 4.69) is 25.6 Å². The summed E-state index contributed by atoms with van der Waals surface area (Å²) in [6.45, 7) is 2.25. The van der Waals surface area contributed by atoms with Crippen LogP contribution >= 0.6 is 0 Å². The standard InChI is InChI=1S/C20H21N5O/c26-20(18-5-1-2-9-22-18)24-11-6-17(7-12-24)19-23-10-13-25(19)15-16-4-3-8-21-14-16/h1-5,8-10,13-14,17H,6-7,11-12,15H2. The zero-order valence-corrected chi connectivity index (χ0v) is 14.5. The monoisotopic (exact) mass is 347 g/mol. The lowest BCUT2D eigenvalue weighted by atomic mass is 9.95. The molecule has 0 aliphatic carbocycles. The van der Waals surface area contributed by atoms with E-state index in [1.54, 1.807) is 18.5 Å². The van der Waals surface area contributed by atoms with Gasteiger partial charge in [0.05, 0.1) is 6.54 Å². The van der Waals surface area contributed by atoms with Crippen LogP contribution in [0, 0.1) is 0 Å². The average Bonchev–Trinajstić information content (AvgIpc) is 3.17. The Morgan fingerprint density at radius 2 is 1.92 bits per heavy atom. The Kier molecular flexibility index (Phi) is 4.73. The van der Waals surface area contributed by atoms with Gasteiger partial charge >= 0.3 is 0 Å². The van der Waals surface area contributed by atoms with Gasteiger partial charge in [-0.1, -0.05) is 12.1 Å². The lowest BCUT2D eigenvalue weighted by Gasteiger charge is -2.31. The van der Waals surface area contributed by atoms with Gasteiger partial charge in [0.25, 0.3) is 5.91 Å². The van der Waals surface area contributed by atoms with Crippen LogP contribution in [0.4, 0.5) is 0 Å². The summed E-state index contributed by atoms with van der Waals surface area (Å²) < 4.78 is 2.19. The van der Waals surface area contributed by atoms with Crippen molar-refractivity contribution in [3.8, 4) is 0 Å². The molecular weight excluding hydrogens is 326 g/mol. The highest BCUT2D eigenvalue weighted by molar-refractivity contribution is 5.92. The van der Waals surface area contributed by atoms with Crippen molar-refractivity contribution in [1.29, 1.82) is 0 Å². The fourth-order valence-electron chi connectivity index (χ4n) is 3.49. The lowest BCUT2D eigenvalue weighted by molar-refractivity contribution is 0.0704. The number of imidazole rings is 1. The van der Waals surface area contributed by atoms with E-state index in [1.165, 1.54) is 0 Å². The zero-order valence-electron chi connectivity index (χ0n) is 14.5. The van der Waals surface area contributed by atoms with Crippen molar-refractivity contribution in [1.82, 2.24) is 24.4 Å². The molecule has 1 fully saturated rings. The van der Waals surface area contributed by atoms with Gasteiger partial charge in [-0.25, -0.2) is 4.98 Å². The first-order chi connectivity index (χ1) is 12.8. The van der Waals surface area contributed by atoms with Crippen molar-refractivity contribution in [3.63, 3.8) is 0 Å². The number of aromatic nitrogens is 4. The van der Waals surface area contributed by atoms with Crippen LogP contribution in [0.1, 0.15) is 40.6 Å². The second-order valence-corrected chi connectivity index (χ2v) is 6.56. The summed E-state index contributed by atoms with van der Waals surface area (Å²) in [5.41, 5.74) is 1.68. The van der Waals surface area contributed by atoms with Gasteiger partial charge in [0.1, 0.15) is 11.5 Å². The maximum absolute atomic E-state index is 12.5. The Hall–Kier alpha value is -3.02. The molecule has 1 amide bonds. The first-order valence-corrected chi connectivity index (χ1v) is 8.91. The van der Waals surface area contributed by atoms with E-state index in [9.17, 15) is 4.79 Å². The van der Waals surface area contributed by atoms with Gasteiger partial charge in [-0.3, -0.25) is 14.8 Å². The summed E-state index contributed by atoms with van der Waals surface area (Å²) in [7, 11) is 0. The van der Waals surface area contributed by atoms with Gasteiger partial charge in [-0.05, 0) is 36.6 Å². The molecule has 0 unspecified atom stereocenters. The highest BCUT2D eigenvalue weighted by atomic mass is 16.2. The molecular formula is C20H21N5O. The number of nitrogens with zero attached hydrogens (tertiary/aromatic N) is 5. The molecule has 26 heavy (non-hydrogen) atoms. The van der Waals surface area contributed by atoms with Gasteiger partial charge in [-0.2, -0.15) is 0 Å². The van der Waals surface area contributed by atoms with Gasteiger partial charge in [0.15, 0.2) is 0 Å². The minimum Gasteiger partial charge on any atom is -0.337 e. The van der Waals surface area contributed by atoms with Crippen molar-refractivity contribution >= 4 is 5.91 Å². The number of rotatable bonds is 4. The van der Waals surface area contributed by atoms with Crippen molar-refractivity contribution in [2.24, 2.45) is 0 Å². The molecule has 0 bridgehead atoms. The van der Waals surface area contributed by atoms with E-state index in [-0.39, 0.29) is 5.91 Å². The Balaban J connectivity index is 1.41. The van der Waals surface area contributed by atoms with E-state index in [4.69, 9.17) is 0 Å². The van der Waals surface area contributed by atoms with E-state index >= 15 is 0 Å². The summed E-state index contributed by atoms with van der Waals surface area (Å²) in [4.78, 5) is 27.4. The molecule has 1 aliphatic rings. The van der Waals surface area contributed by atoms with E-state index in [1.807, 2.05) is 41.7 Å². The Morgan fingerprint density at radius 3 is 2.65 bits per heavy atom. The topological polar surface area (TPSA) is 63.9 Å². The molecule has 0 saturated carbocycles. The third kappa shape index (κ3) is 3.49. The lowest BCUT2D eigenvalue weighted by Crippen LogP contribution is -2.38. The second-order valence-electron chi connectivity index (χ2n) is 6.56. The Bertz CT molecular complexity index is 854. The van der Waals surface area contributed by atoms with E-state index < -0.39 is 0 Å². The summed E-state index contributed by atoms with van der Waals surface area (Å²) in [5, 5.41) is 0. The molecule has 4 rings (SSSR count). The maximum atomic E-state index is 12.5.